The zero-order valence-electron chi connectivity index (χ0n) is 7.81. The van der Waals surface area contributed by atoms with Gasteiger partial charge in [-0.1, -0.05) is 13.0 Å². The van der Waals surface area contributed by atoms with Gasteiger partial charge in [-0.25, -0.2) is 0 Å². The normalized spacial score (nSPS) is 12.8. The van der Waals surface area contributed by atoms with Crippen LogP contribution in [0, 0.1) is 0 Å². The van der Waals surface area contributed by atoms with E-state index in [0.717, 1.165) is 17.9 Å². The summed E-state index contributed by atoms with van der Waals surface area (Å²) in [6.07, 6.45) is 2.67. The smallest absolute Gasteiger partial charge is 0.0502 e. The van der Waals surface area contributed by atoms with Crippen molar-refractivity contribution in [2.45, 2.75) is 24.3 Å². The summed E-state index contributed by atoms with van der Waals surface area (Å²) in [6, 6.07) is 5.95. The highest BCUT2D eigenvalue weighted by Crippen LogP contribution is 2.17. The molecule has 0 aromatic carbocycles. The first kappa shape index (κ1) is 10.5. The van der Waals surface area contributed by atoms with Gasteiger partial charge in [0, 0.05) is 23.8 Å². The molecule has 0 aliphatic heterocycles. The van der Waals surface area contributed by atoms with Gasteiger partial charge in [0.25, 0.3) is 0 Å². The lowest BCUT2D eigenvalue weighted by Crippen LogP contribution is -2.00. The van der Waals surface area contributed by atoms with Crippen LogP contribution in [0.2, 0.25) is 0 Å². The van der Waals surface area contributed by atoms with E-state index in [2.05, 4.69) is 11.9 Å². The molecule has 0 spiro atoms. The maximum atomic E-state index is 8.70. The second-order valence-corrected chi connectivity index (χ2v) is 4.38. The summed E-state index contributed by atoms with van der Waals surface area (Å²) in [5.41, 5.74) is 1.11. The SMILES string of the molecule is CC(CCO)SCc1ccccn1. The van der Waals surface area contributed by atoms with Gasteiger partial charge in [0.1, 0.15) is 0 Å². The summed E-state index contributed by atoms with van der Waals surface area (Å²) >= 11 is 1.83. The van der Waals surface area contributed by atoms with Crippen molar-refractivity contribution in [2.75, 3.05) is 6.61 Å². The Morgan fingerprint density at radius 3 is 3.00 bits per heavy atom. The Morgan fingerprint density at radius 2 is 2.38 bits per heavy atom. The monoisotopic (exact) mass is 197 g/mol. The maximum Gasteiger partial charge on any atom is 0.0502 e. The predicted octanol–water partition coefficient (Wildman–Crippen LogP) is 2.09. The van der Waals surface area contributed by atoms with Crippen LogP contribution in [0.15, 0.2) is 24.4 Å². The van der Waals surface area contributed by atoms with Crippen LogP contribution in [0.25, 0.3) is 0 Å². The number of nitrogens with zero attached hydrogens (tertiary/aromatic N) is 1. The Labute approximate surface area is 83.4 Å². The van der Waals surface area contributed by atoms with Gasteiger partial charge in [-0.3, -0.25) is 4.98 Å². The van der Waals surface area contributed by atoms with E-state index in [1.807, 2.05) is 36.2 Å². The molecule has 0 fully saturated rings. The molecule has 0 saturated heterocycles. The van der Waals surface area contributed by atoms with E-state index in [9.17, 15) is 0 Å². The average molecular weight is 197 g/mol. The van der Waals surface area contributed by atoms with Crippen molar-refractivity contribution in [1.82, 2.24) is 4.98 Å². The topological polar surface area (TPSA) is 33.1 Å². The van der Waals surface area contributed by atoms with E-state index >= 15 is 0 Å². The van der Waals surface area contributed by atoms with Crippen molar-refractivity contribution in [2.24, 2.45) is 0 Å². The molecular weight excluding hydrogens is 182 g/mol. The Morgan fingerprint density at radius 1 is 1.54 bits per heavy atom. The lowest BCUT2D eigenvalue weighted by Gasteiger charge is -2.08. The van der Waals surface area contributed by atoms with E-state index < -0.39 is 0 Å². The Balaban J connectivity index is 2.27. The summed E-state index contributed by atoms with van der Waals surface area (Å²) in [5.74, 6) is 0.933. The van der Waals surface area contributed by atoms with Crippen molar-refractivity contribution < 1.29 is 5.11 Å². The zero-order chi connectivity index (χ0) is 9.52. The number of aliphatic hydroxyl groups is 1. The number of rotatable bonds is 5. The molecule has 0 aliphatic carbocycles. The third-order valence-corrected chi connectivity index (χ3v) is 3.04. The molecule has 1 rings (SSSR count). The molecule has 0 bridgehead atoms. The van der Waals surface area contributed by atoms with E-state index in [0.29, 0.717) is 5.25 Å². The van der Waals surface area contributed by atoms with Crippen LogP contribution in [0.5, 0.6) is 0 Å². The number of hydrogen-bond acceptors (Lipinski definition) is 3. The molecule has 0 amide bonds. The Hall–Kier alpha value is -0.540. The molecular formula is C10H15NOS. The Kier molecular flexibility index (Phi) is 4.86. The van der Waals surface area contributed by atoms with Gasteiger partial charge in [0.05, 0.1) is 5.69 Å². The highest BCUT2D eigenvalue weighted by Gasteiger charge is 2.02. The Bertz CT molecular complexity index is 228. The van der Waals surface area contributed by atoms with Crippen LogP contribution in [-0.2, 0) is 5.75 Å². The molecule has 0 saturated carbocycles. The first-order valence-corrected chi connectivity index (χ1v) is 5.50. The fourth-order valence-corrected chi connectivity index (χ4v) is 1.87. The molecule has 2 nitrogen and oxygen atoms in total. The fourth-order valence-electron chi connectivity index (χ4n) is 0.976. The highest BCUT2D eigenvalue weighted by atomic mass is 32.2. The summed E-state index contributed by atoms with van der Waals surface area (Å²) in [7, 11) is 0. The minimum atomic E-state index is 0.274. The molecule has 1 aromatic rings. The molecule has 0 aliphatic rings. The van der Waals surface area contributed by atoms with Crippen LogP contribution in [-0.4, -0.2) is 21.9 Å². The number of aliphatic hydroxyl groups excluding tert-OH is 1. The van der Waals surface area contributed by atoms with Gasteiger partial charge < -0.3 is 5.11 Å². The molecule has 1 unspecified atom stereocenters. The lowest BCUT2D eigenvalue weighted by atomic mass is 10.3. The van der Waals surface area contributed by atoms with Crippen molar-refractivity contribution in [3.63, 3.8) is 0 Å². The third-order valence-electron chi connectivity index (χ3n) is 1.78. The highest BCUT2D eigenvalue weighted by molar-refractivity contribution is 7.99. The molecule has 72 valence electrons. The first-order chi connectivity index (χ1) is 6.33. The van der Waals surface area contributed by atoms with Crippen molar-refractivity contribution in [3.05, 3.63) is 30.1 Å². The van der Waals surface area contributed by atoms with Gasteiger partial charge in [-0.15, -0.1) is 0 Å². The van der Waals surface area contributed by atoms with E-state index in [1.54, 1.807) is 0 Å². The summed E-state index contributed by atoms with van der Waals surface area (Å²) in [4.78, 5) is 4.23. The maximum absolute atomic E-state index is 8.70. The number of thioether (sulfide) groups is 1. The largest absolute Gasteiger partial charge is 0.396 e. The predicted molar refractivity (Wildman–Crippen MR) is 56.7 cm³/mol. The second kappa shape index (κ2) is 6.00. The van der Waals surface area contributed by atoms with Crippen molar-refractivity contribution in [3.8, 4) is 0 Å². The molecule has 3 heteroatoms. The minimum absolute atomic E-state index is 0.274. The quantitative estimate of drug-likeness (QED) is 0.784. The molecule has 0 radical (unpaired) electrons. The average Bonchev–Trinajstić information content (AvgIpc) is 2.17. The van der Waals surface area contributed by atoms with Gasteiger partial charge >= 0.3 is 0 Å². The number of pyridine rings is 1. The van der Waals surface area contributed by atoms with E-state index in [1.165, 1.54) is 0 Å². The van der Waals surface area contributed by atoms with Crippen molar-refractivity contribution >= 4 is 11.8 Å². The summed E-state index contributed by atoms with van der Waals surface area (Å²) in [6.45, 7) is 2.40. The standard InChI is InChI=1S/C10H15NOS/c1-9(5-7-12)13-8-10-4-2-3-6-11-10/h2-4,6,9,12H,5,7-8H2,1H3. The molecule has 1 atom stereocenters. The van der Waals surface area contributed by atoms with Crippen LogP contribution in [0.1, 0.15) is 19.0 Å². The molecule has 1 heterocycles. The molecule has 1 N–H and O–H groups in total. The minimum Gasteiger partial charge on any atom is -0.396 e. The van der Waals surface area contributed by atoms with Crippen LogP contribution >= 0.6 is 11.8 Å². The van der Waals surface area contributed by atoms with E-state index in [-0.39, 0.29) is 6.61 Å². The van der Waals surface area contributed by atoms with Gasteiger partial charge in [-0.2, -0.15) is 11.8 Å². The first-order valence-electron chi connectivity index (χ1n) is 4.45. The molecule has 13 heavy (non-hydrogen) atoms. The summed E-state index contributed by atoms with van der Waals surface area (Å²) in [5, 5.41) is 9.21. The third kappa shape index (κ3) is 4.29. The number of hydrogen-bond donors (Lipinski definition) is 1. The van der Waals surface area contributed by atoms with Gasteiger partial charge in [-0.05, 0) is 18.6 Å². The molecule has 1 aromatic heterocycles. The lowest BCUT2D eigenvalue weighted by molar-refractivity contribution is 0.289. The van der Waals surface area contributed by atoms with Gasteiger partial charge in [0.15, 0.2) is 0 Å². The number of aromatic nitrogens is 1. The van der Waals surface area contributed by atoms with Crippen LogP contribution < -0.4 is 0 Å². The van der Waals surface area contributed by atoms with Crippen LogP contribution in [0.4, 0.5) is 0 Å². The van der Waals surface area contributed by atoms with Gasteiger partial charge in [0.2, 0.25) is 0 Å². The zero-order valence-corrected chi connectivity index (χ0v) is 8.63. The van der Waals surface area contributed by atoms with Crippen molar-refractivity contribution in [1.29, 1.82) is 0 Å². The summed E-state index contributed by atoms with van der Waals surface area (Å²) < 4.78 is 0. The second-order valence-electron chi connectivity index (χ2n) is 2.95. The van der Waals surface area contributed by atoms with Crippen LogP contribution in [0.3, 0.4) is 0 Å². The fraction of sp³-hybridized carbons (Fsp3) is 0.500. The van der Waals surface area contributed by atoms with E-state index in [4.69, 9.17) is 5.11 Å².